The molecule has 2 amide bonds. The fraction of sp³-hybridized carbons (Fsp3) is 0.167. The Hall–Kier alpha value is -2.66. The average Bonchev–Trinajstić information content (AvgIpc) is 2.48. The molecule has 24 heavy (non-hydrogen) atoms. The van der Waals surface area contributed by atoms with Crippen LogP contribution in [-0.4, -0.2) is 36.5 Å². The van der Waals surface area contributed by atoms with Gasteiger partial charge in [0.15, 0.2) is 0 Å². The third-order valence-electron chi connectivity index (χ3n) is 2.48. The Labute approximate surface area is 142 Å². The maximum Gasteiger partial charge on any atom is 0.336 e. The highest BCUT2D eigenvalue weighted by Crippen LogP contribution is 2.21. The van der Waals surface area contributed by atoms with Crippen LogP contribution in [0.5, 0.6) is 6.01 Å². The number of hydrogen-bond acceptors (Lipinski definition) is 7. The van der Waals surface area contributed by atoms with Crippen molar-refractivity contribution in [1.29, 1.82) is 0 Å². The summed E-state index contributed by atoms with van der Waals surface area (Å²) in [5, 5.41) is 2.35. The van der Waals surface area contributed by atoms with E-state index in [1.54, 1.807) is 23.8 Å². The quantitative estimate of drug-likeness (QED) is 0.720. The molecule has 0 aliphatic heterocycles. The van der Waals surface area contributed by atoms with E-state index < -0.39 is 16.2 Å². The number of anilines is 2. The number of halogens is 1. The highest BCUT2D eigenvalue weighted by atomic mass is 35.5. The van der Waals surface area contributed by atoms with Gasteiger partial charge in [0.2, 0.25) is 5.95 Å². The SMILES string of the molecule is COc1nc(C)nc(NC(=O)NS(=O)(=O)Nc2ccccc2Cl)n1. The number of ether oxygens (including phenoxy) is 1. The minimum absolute atomic E-state index is 0.0187. The predicted octanol–water partition coefficient (Wildman–Crippen LogP) is 1.32. The molecule has 0 fully saturated rings. The summed E-state index contributed by atoms with van der Waals surface area (Å²) in [4.78, 5) is 23.2. The number of carbonyl (C=O) groups is 1. The lowest BCUT2D eigenvalue weighted by Crippen LogP contribution is -2.38. The maximum absolute atomic E-state index is 11.9. The second-order valence-corrected chi connectivity index (χ2v) is 6.16. The molecule has 12 heteroatoms. The van der Waals surface area contributed by atoms with E-state index in [1.165, 1.54) is 19.2 Å². The van der Waals surface area contributed by atoms with E-state index in [0.717, 1.165) is 0 Å². The number of nitrogens with zero attached hydrogens (tertiary/aromatic N) is 3. The number of methoxy groups -OCH3 is 1. The minimum atomic E-state index is -4.20. The van der Waals surface area contributed by atoms with Crippen LogP contribution < -0.4 is 19.5 Å². The molecule has 1 heterocycles. The van der Waals surface area contributed by atoms with Gasteiger partial charge in [-0.05, 0) is 19.1 Å². The van der Waals surface area contributed by atoms with E-state index in [9.17, 15) is 13.2 Å². The Bertz CT molecular complexity index is 860. The van der Waals surface area contributed by atoms with Crippen molar-refractivity contribution < 1.29 is 17.9 Å². The van der Waals surface area contributed by atoms with E-state index >= 15 is 0 Å². The fourth-order valence-corrected chi connectivity index (χ4v) is 2.62. The van der Waals surface area contributed by atoms with Gasteiger partial charge in [-0.2, -0.15) is 23.4 Å². The number of nitrogens with one attached hydrogen (secondary N) is 3. The third-order valence-corrected chi connectivity index (χ3v) is 3.75. The summed E-state index contributed by atoms with van der Waals surface area (Å²) in [6, 6.07) is 5.08. The van der Waals surface area contributed by atoms with Crippen molar-refractivity contribution in [3.05, 3.63) is 35.1 Å². The van der Waals surface area contributed by atoms with Crippen LogP contribution in [0.4, 0.5) is 16.4 Å². The predicted molar refractivity (Wildman–Crippen MR) is 87.3 cm³/mol. The summed E-state index contributed by atoms with van der Waals surface area (Å²) in [6.45, 7) is 1.56. The topological polar surface area (TPSA) is 135 Å². The molecular formula is C12H13ClN6O4S. The first-order valence-electron chi connectivity index (χ1n) is 6.42. The summed E-state index contributed by atoms with van der Waals surface area (Å²) in [7, 11) is -2.86. The van der Waals surface area contributed by atoms with Crippen LogP contribution in [0, 0.1) is 6.92 Å². The number of urea groups is 1. The normalized spacial score (nSPS) is 10.8. The molecule has 1 aromatic carbocycles. The van der Waals surface area contributed by atoms with Gasteiger partial charge in [0.25, 0.3) is 0 Å². The fourth-order valence-electron chi connectivity index (χ4n) is 1.57. The molecular weight excluding hydrogens is 360 g/mol. The number of aromatic nitrogens is 3. The van der Waals surface area contributed by atoms with Gasteiger partial charge in [0.05, 0.1) is 17.8 Å². The van der Waals surface area contributed by atoms with Gasteiger partial charge in [0.1, 0.15) is 5.82 Å². The van der Waals surface area contributed by atoms with Crippen molar-refractivity contribution in [1.82, 2.24) is 19.7 Å². The van der Waals surface area contributed by atoms with Gasteiger partial charge in [0, 0.05) is 0 Å². The van der Waals surface area contributed by atoms with Crippen LogP contribution in [0.2, 0.25) is 5.02 Å². The summed E-state index contributed by atoms with van der Waals surface area (Å²) in [6.07, 6.45) is 0. The molecule has 1 aromatic heterocycles. The Kier molecular flexibility index (Phi) is 5.36. The Balaban J connectivity index is 2.06. The molecule has 128 valence electrons. The van der Waals surface area contributed by atoms with Gasteiger partial charge >= 0.3 is 22.3 Å². The van der Waals surface area contributed by atoms with Crippen LogP contribution in [-0.2, 0) is 10.2 Å². The summed E-state index contributed by atoms with van der Waals surface area (Å²) in [5.41, 5.74) is 0.122. The Morgan fingerprint density at radius 3 is 2.58 bits per heavy atom. The molecule has 0 bridgehead atoms. The number of aryl methyl sites for hydroxylation is 1. The molecule has 0 saturated heterocycles. The molecule has 2 aromatic rings. The molecule has 0 unspecified atom stereocenters. The van der Waals surface area contributed by atoms with Crippen molar-refractivity contribution in [2.24, 2.45) is 0 Å². The van der Waals surface area contributed by atoms with Crippen molar-refractivity contribution >= 4 is 39.5 Å². The van der Waals surface area contributed by atoms with Crippen molar-refractivity contribution in [3.8, 4) is 6.01 Å². The zero-order valence-electron chi connectivity index (χ0n) is 12.6. The number of rotatable bonds is 5. The first kappa shape index (κ1) is 17.7. The smallest absolute Gasteiger partial charge is 0.336 e. The van der Waals surface area contributed by atoms with Gasteiger partial charge in [-0.1, -0.05) is 23.7 Å². The highest BCUT2D eigenvalue weighted by molar-refractivity contribution is 7.91. The van der Waals surface area contributed by atoms with Crippen molar-refractivity contribution in [3.63, 3.8) is 0 Å². The summed E-state index contributed by atoms with van der Waals surface area (Å²) in [5.74, 6) is 0.124. The molecule has 0 atom stereocenters. The lowest BCUT2D eigenvalue weighted by atomic mass is 10.3. The molecule has 0 aliphatic rings. The molecule has 0 aliphatic carbocycles. The first-order valence-corrected chi connectivity index (χ1v) is 8.28. The Morgan fingerprint density at radius 1 is 1.21 bits per heavy atom. The van der Waals surface area contributed by atoms with Crippen LogP contribution in [0.25, 0.3) is 0 Å². The van der Waals surface area contributed by atoms with Crippen LogP contribution in [0.1, 0.15) is 5.82 Å². The van der Waals surface area contributed by atoms with Crippen LogP contribution in [0.3, 0.4) is 0 Å². The van der Waals surface area contributed by atoms with Gasteiger partial charge in [-0.25, -0.2) is 9.52 Å². The number of amides is 2. The second-order valence-electron chi connectivity index (χ2n) is 4.33. The van der Waals surface area contributed by atoms with Gasteiger partial charge in [-0.3, -0.25) is 10.0 Å². The van der Waals surface area contributed by atoms with E-state index in [1.807, 2.05) is 0 Å². The van der Waals surface area contributed by atoms with E-state index in [4.69, 9.17) is 16.3 Å². The maximum atomic E-state index is 11.9. The zero-order valence-corrected chi connectivity index (χ0v) is 14.1. The highest BCUT2D eigenvalue weighted by Gasteiger charge is 2.17. The molecule has 2 rings (SSSR count). The minimum Gasteiger partial charge on any atom is -0.467 e. The molecule has 10 nitrogen and oxygen atoms in total. The first-order chi connectivity index (χ1) is 11.3. The van der Waals surface area contributed by atoms with E-state index in [0.29, 0.717) is 0 Å². The van der Waals surface area contributed by atoms with Crippen LogP contribution in [0.15, 0.2) is 24.3 Å². The van der Waals surface area contributed by atoms with E-state index in [-0.39, 0.29) is 28.5 Å². The molecule has 3 N–H and O–H groups in total. The second kappa shape index (κ2) is 7.27. The average molecular weight is 373 g/mol. The van der Waals surface area contributed by atoms with Crippen molar-refractivity contribution in [2.45, 2.75) is 6.92 Å². The zero-order chi connectivity index (χ0) is 17.7. The number of carbonyl (C=O) groups excluding carboxylic acids is 1. The molecule has 0 saturated carbocycles. The van der Waals surface area contributed by atoms with E-state index in [2.05, 4.69) is 25.0 Å². The van der Waals surface area contributed by atoms with Gasteiger partial charge < -0.3 is 4.74 Å². The summed E-state index contributed by atoms with van der Waals surface area (Å²) < 4.78 is 32.6. The number of para-hydroxylation sites is 1. The molecule has 0 radical (unpaired) electrons. The lowest BCUT2D eigenvalue weighted by molar-refractivity contribution is 0.256. The monoisotopic (exact) mass is 372 g/mol. The number of benzene rings is 1. The summed E-state index contributed by atoms with van der Waals surface area (Å²) >= 11 is 5.85. The standard InChI is InChI=1S/C12H13ClN6O4S/c1-7-14-10(17-12(15-7)23-2)16-11(20)19-24(21,22)18-9-6-4-3-5-8(9)13/h3-6,18H,1-2H3,(H2,14,15,16,17,19,20). The lowest BCUT2D eigenvalue weighted by Gasteiger charge is -2.11. The van der Waals surface area contributed by atoms with Crippen LogP contribution >= 0.6 is 11.6 Å². The third kappa shape index (κ3) is 4.93. The molecule has 0 spiro atoms. The van der Waals surface area contributed by atoms with Crippen molar-refractivity contribution in [2.75, 3.05) is 17.1 Å². The number of hydrogen-bond donors (Lipinski definition) is 3. The Morgan fingerprint density at radius 2 is 1.92 bits per heavy atom. The largest absolute Gasteiger partial charge is 0.467 e. The van der Waals surface area contributed by atoms with Gasteiger partial charge in [-0.15, -0.1) is 0 Å².